The van der Waals surface area contributed by atoms with Gasteiger partial charge < -0.3 is 25.6 Å². The molecular weight excluding hydrogens is 215 g/mol. The molecule has 0 aromatic carbocycles. The molecule has 0 aliphatic heterocycles. The number of carbonyl (C=O) groups is 1. The van der Waals surface area contributed by atoms with Gasteiger partial charge in [0, 0.05) is 32.1 Å². The van der Waals surface area contributed by atoms with Gasteiger partial charge >= 0.3 is 18.9 Å². The molecule has 3 N–H and O–H groups in total. The van der Waals surface area contributed by atoms with Crippen molar-refractivity contribution in [2.24, 2.45) is 0 Å². The molecule has 0 aromatic heterocycles. The first-order valence-electron chi connectivity index (χ1n) is 5.96. The van der Waals surface area contributed by atoms with E-state index >= 15 is 0 Å². The molecule has 0 saturated heterocycles. The van der Waals surface area contributed by atoms with Gasteiger partial charge in [-0.2, -0.15) is 0 Å². The first kappa shape index (κ1) is 19.3. The Morgan fingerprint density at radius 1 is 1.29 bits per heavy atom. The summed E-state index contributed by atoms with van der Waals surface area (Å²) in [6.07, 6.45) is 2.75. The topological polar surface area (TPSA) is 84.4 Å². The zero-order valence-electron chi connectivity index (χ0n) is 11.0. The Hall–Kier alpha value is -0.0526. The van der Waals surface area contributed by atoms with Crippen LogP contribution in [-0.2, 0) is 4.79 Å². The van der Waals surface area contributed by atoms with Gasteiger partial charge in [0.05, 0.1) is 6.10 Å². The third kappa shape index (κ3) is 15.9. The van der Waals surface area contributed by atoms with Crippen LogP contribution in [0.5, 0.6) is 0 Å². The van der Waals surface area contributed by atoms with Crippen molar-refractivity contribution >= 4 is 5.97 Å². The van der Waals surface area contributed by atoms with Gasteiger partial charge in [0.25, 0.3) is 0 Å². The van der Waals surface area contributed by atoms with Crippen molar-refractivity contribution in [3.8, 4) is 0 Å². The molecule has 0 aliphatic carbocycles. The molecule has 0 saturated carbocycles. The van der Waals surface area contributed by atoms with Gasteiger partial charge in [-0.25, -0.2) is 0 Å². The standard InChI is InChI=1S/C11H24N2O3.Li/c1-2-3-4-10(14)9-13-8-7-12-6-5-11(15)16;/h10,12-14H,2-9H2,1H3,(H,15,16);/q;+1/p-1. The Morgan fingerprint density at radius 2 is 1.94 bits per heavy atom. The summed E-state index contributed by atoms with van der Waals surface area (Å²) in [4.78, 5) is 10.1. The van der Waals surface area contributed by atoms with Gasteiger partial charge in [-0.05, 0) is 12.8 Å². The summed E-state index contributed by atoms with van der Waals surface area (Å²) in [5.74, 6) is -1.03. The number of carboxylic acid groups (broad SMARTS) is 1. The summed E-state index contributed by atoms with van der Waals surface area (Å²) in [5.41, 5.74) is 0. The summed E-state index contributed by atoms with van der Waals surface area (Å²) in [7, 11) is 0. The fourth-order valence-corrected chi connectivity index (χ4v) is 1.30. The smallest absolute Gasteiger partial charge is 0.550 e. The maximum Gasteiger partial charge on any atom is 1.00 e. The van der Waals surface area contributed by atoms with Crippen LogP contribution in [0.1, 0.15) is 32.6 Å². The number of aliphatic carboxylic acids is 1. The van der Waals surface area contributed by atoms with Gasteiger partial charge in [0.2, 0.25) is 0 Å². The second kappa shape index (κ2) is 14.0. The predicted octanol–water partition coefficient (Wildman–Crippen LogP) is -4.14. The van der Waals surface area contributed by atoms with E-state index in [-0.39, 0.29) is 31.4 Å². The molecule has 0 heterocycles. The molecule has 0 radical (unpaired) electrons. The van der Waals surface area contributed by atoms with E-state index in [4.69, 9.17) is 0 Å². The van der Waals surface area contributed by atoms with Crippen molar-refractivity contribution in [3.63, 3.8) is 0 Å². The quantitative estimate of drug-likeness (QED) is 0.251. The van der Waals surface area contributed by atoms with Crippen LogP contribution in [0.15, 0.2) is 0 Å². The Labute approximate surface area is 116 Å². The van der Waals surface area contributed by atoms with Crippen LogP contribution in [-0.4, -0.2) is 43.4 Å². The maximum atomic E-state index is 10.1. The Morgan fingerprint density at radius 3 is 2.53 bits per heavy atom. The van der Waals surface area contributed by atoms with E-state index in [9.17, 15) is 15.0 Å². The van der Waals surface area contributed by atoms with Crippen molar-refractivity contribution < 1.29 is 33.9 Å². The molecule has 0 bridgehead atoms. The summed E-state index contributed by atoms with van der Waals surface area (Å²) in [5, 5.41) is 25.6. The first-order valence-corrected chi connectivity index (χ1v) is 5.96. The largest absolute Gasteiger partial charge is 1.00 e. The van der Waals surface area contributed by atoms with Crippen molar-refractivity contribution in [2.45, 2.75) is 38.7 Å². The summed E-state index contributed by atoms with van der Waals surface area (Å²) >= 11 is 0. The molecule has 0 fully saturated rings. The Balaban J connectivity index is 0. The second-order valence-electron chi connectivity index (χ2n) is 3.87. The van der Waals surface area contributed by atoms with E-state index in [1.54, 1.807) is 0 Å². The third-order valence-corrected chi connectivity index (χ3v) is 2.26. The van der Waals surface area contributed by atoms with Crippen LogP contribution in [0, 0.1) is 0 Å². The zero-order valence-corrected chi connectivity index (χ0v) is 11.0. The number of hydrogen-bond donors (Lipinski definition) is 3. The van der Waals surface area contributed by atoms with Crippen molar-refractivity contribution in [2.75, 3.05) is 26.2 Å². The van der Waals surface area contributed by atoms with E-state index in [1.807, 2.05) is 0 Å². The number of hydrogen-bond acceptors (Lipinski definition) is 5. The van der Waals surface area contributed by atoms with Crippen molar-refractivity contribution in [1.29, 1.82) is 0 Å². The number of carbonyl (C=O) groups excluding carboxylic acids is 1. The van der Waals surface area contributed by atoms with E-state index < -0.39 is 5.97 Å². The van der Waals surface area contributed by atoms with E-state index in [1.165, 1.54) is 0 Å². The number of aliphatic hydroxyl groups is 1. The minimum atomic E-state index is -1.03. The van der Waals surface area contributed by atoms with Crippen LogP contribution in [0.4, 0.5) is 0 Å². The average molecular weight is 238 g/mol. The number of nitrogens with one attached hydrogen (secondary N) is 2. The molecule has 5 nitrogen and oxygen atoms in total. The van der Waals surface area contributed by atoms with E-state index in [2.05, 4.69) is 17.6 Å². The fraction of sp³-hybridized carbons (Fsp3) is 0.909. The molecule has 0 amide bonds. The van der Waals surface area contributed by atoms with Crippen LogP contribution in [0.2, 0.25) is 0 Å². The number of unbranched alkanes of at least 4 members (excludes halogenated alkanes) is 1. The van der Waals surface area contributed by atoms with Gasteiger partial charge in [-0.15, -0.1) is 0 Å². The SMILES string of the molecule is CCCCC(O)CNCCNCCC(=O)[O-].[Li+]. The van der Waals surface area contributed by atoms with Crippen LogP contribution in [0.25, 0.3) is 0 Å². The molecule has 17 heavy (non-hydrogen) atoms. The minimum Gasteiger partial charge on any atom is -0.550 e. The maximum absolute atomic E-state index is 10.1. The molecule has 0 rings (SSSR count). The molecule has 0 aliphatic rings. The van der Waals surface area contributed by atoms with Crippen molar-refractivity contribution in [1.82, 2.24) is 10.6 Å². The number of rotatable bonds is 11. The molecule has 0 aromatic rings. The Bertz CT molecular complexity index is 182. The summed E-state index contributed by atoms with van der Waals surface area (Å²) < 4.78 is 0. The third-order valence-electron chi connectivity index (χ3n) is 2.26. The fourth-order valence-electron chi connectivity index (χ4n) is 1.30. The molecule has 0 spiro atoms. The summed E-state index contributed by atoms with van der Waals surface area (Å²) in [6, 6.07) is 0. The summed E-state index contributed by atoms with van der Waals surface area (Å²) in [6.45, 7) is 4.57. The second-order valence-corrected chi connectivity index (χ2v) is 3.87. The number of carboxylic acids is 1. The average Bonchev–Trinajstić information content (AvgIpc) is 2.24. The number of aliphatic hydroxyl groups excluding tert-OH is 1. The van der Waals surface area contributed by atoms with Crippen molar-refractivity contribution in [3.05, 3.63) is 0 Å². The van der Waals surface area contributed by atoms with E-state index in [0.29, 0.717) is 19.6 Å². The van der Waals surface area contributed by atoms with Gasteiger partial charge in [-0.1, -0.05) is 19.8 Å². The molecule has 96 valence electrons. The Kier molecular flexibility index (Phi) is 15.9. The first-order chi connectivity index (χ1) is 7.66. The van der Waals surface area contributed by atoms with Crippen LogP contribution in [0.3, 0.4) is 0 Å². The molecular formula is C11H23LiN2O3. The van der Waals surface area contributed by atoms with Crippen LogP contribution < -0.4 is 34.6 Å². The monoisotopic (exact) mass is 238 g/mol. The minimum absolute atomic E-state index is 0. The van der Waals surface area contributed by atoms with Gasteiger partial charge in [0.1, 0.15) is 0 Å². The van der Waals surface area contributed by atoms with Gasteiger partial charge in [0.15, 0.2) is 0 Å². The van der Waals surface area contributed by atoms with Crippen LogP contribution >= 0.6 is 0 Å². The predicted molar refractivity (Wildman–Crippen MR) is 60.9 cm³/mol. The molecule has 1 atom stereocenters. The molecule has 6 heteroatoms. The molecule has 1 unspecified atom stereocenters. The zero-order chi connectivity index (χ0) is 12.2. The van der Waals surface area contributed by atoms with E-state index in [0.717, 1.165) is 25.8 Å². The van der Waals surface area contributed by atoms with Gasteiger partial charge in [-0.3, -0.25) is 0 Å². The normalized spacial score (nSPS) is 11.9.